The van der Waals surface area contributed by atoms with Crippen molar-refractivity contribution in [1.82, 2.24) is 9.88 Å². The van der Waals surface area contributed by atoms with Gasteiger partial charge in [0.25, 0.3) is 5.91 Å². The van der Waals surface area contributed by atoms with Crippen molar-refractivity contribution in [3.8, 4) is 0 Å². The summed E-state index contributed by atoms with van der Waals surface area (Å²) in [4.78, 5) is 29.2. The maximum atomic E-state index is 12.5. The van der Waals surface area contributed by atoms with Gasteiger partial charge in [0.05, 0.1) is 17.8 Å². The molecule has 1 amide bonds. The van der Waals surface area contributed by atoms with Crippen molar-refractivity contribution >= 4 is 5.91 Å². The third kappa shape index (κ3) is 3.33. The van der Waals surface area contributed by atoms with Crippen LogP contribution in [0.25, 0.3) is 0 Å². The molecule has 0 radical (unpaired) electrons. The van der Waals surface area contributed by atoms with E-state index in [0.717, 1.165) is 5.69 Å². The lowest BCUT2D eigenvalue weighted by Crippen LogP contribution is -2.54. The highest BCUT2D eigenvalue weighted by Gasteiger charge is 2.45. The van der Waals surface area contributed by atoms with Crippen LogP contribution in [0.1, 0.15) is 48.7 Å². The number of aromatic nitrogens is 1. The fraction of sp³-hybridized carbons (Fsp3) is 0.647. The highest BCUT2D eigenvalue weighted by atomic mass is 16.5. The van der Waals surface area contributed by atoms with Gasteiger partial charge in [0.2, 0.25) is 0 Å². The van der Waals surface area contributed by atoms with E-state index in [1.54, 1.807) is 11.8 Å². The van der Waals surface area contributed by atoms with Gasteiger partial charge in [-0.15, -0.1) is 0 Å². The van der Waals surface area contributed by atoms with E-state index in [1.165, 1.54) is 12.3 Å². The number of hydrogen-bond acceptors (Lipinski definition) is 4. The second-order valence-corrected chi connectivity index (χ2v) is 7.14. The molecule has 2 aliphatic heterocycles. The maximum Gasteiger partial charge on any atom is 0.259 e. The number of carbonyl (C=O) groups excluding carboxylic acids is 1. The molecule has 2 saturated heterocycles. The molecule has 6 heteroatoms. The topological polar surface area (TPSA) is 82.6 Å². The van der Waals surface area contributed by atoms with Gasteiger partial charge in [-0.05, 0) is 33.1 Å². The van der Waals surface area contributed by atoms with Crippen LogP contribution in [0.4, 0.5) is 0 Å². The van der Waals surface area contributed by atoms with Gasteiger partial charge in [0.1, 0.15) is 5.56 Å². The molecular weight excluding hydrogens is 296 g/mol. The van der Waals surface area contributed by atoms with Gasteiger partial charge < -0.3 is 19.7 Å². The summed E-state index contributed by atoms with van der Waals surface area (Å²) in [6.07, 6.45) is 4.13. The quantitative estimate of drug-likeness (QED) is 0.815. The monoisotopic (exact) mass is 320 g/mol. The summed E-state index contributed by atoms with van der Waals surface area (Å²) in [5.74, 6) is -0.233. The van der Waals surface area contributed by atoms with Crippen molar-refractivity contribution in [2.45, 2.75) is 50.7 Å². The van der Waals surface area contributed by atoms with Crippen molar-refractivity contribution in [1.29, 1.82) is 0 Å². The second kappa shape index (κ2) is 5.76. The lowest BCUT2D eigenvalue weighted by atomic mass is 9.78. The largest absolute Gasteiger partial charge is 0.390 e. The summed E-state index contributed by atoms with van der Waals surface area (Å²) in [5.41, 5.74) is -0.356. The van der Waals surface area contributed by atoms with Crippen LogP contribution in [0.3, 0.4) is 0 Å². The Morgan fingerprint density at radius 2 is 2.04 bits per heavy atom. The molecule has 0 saturated carbocycles. The second-order valence-electron chi connectivity index (χ2n) is 7.14. The number of rotatable bonds is 1. The van der Waals surface area contributed by atoms with Crippen molar-refractivity contribution in [2.24, 2.45) is 0 Å². The highest BCUT2D eigenvalue weighted by Crippen LogP contribution is 2.39. The molecule has 1 aromatic rings. The molecule has 0 bridgehead atoms. The number of pyridine rings is 1. The highest BCUT2D eigenvalue weighted by molar-refractivity contribution is 5.93. The standard InChI is InChI=1S/C17H24N2O4/c1-12-9-14(20)13(10-18-12)15(21)19-6-3-17(4-7-19)11-16(2,22)5-8-23-17/h9-10,22H,3-8,11H2,1-2H3,(H,18,20). The van der Waals surface area contributed by atoms with Crippen LogP contribution in [-0.2, 0) is 4.74 Å². The number of amides is 1. The molecule has 2 fully saturated rings. The van der Waals surface area contributed by atoms with E-state index in [1.807, 2.05) is 6.92 Å². The molecule has 6 nitrogen and oxygen atoms in total. The summed E-state index contributed by atoms with van der Waals surface area (Å²) < 4.78 is 5.95. The average molecular weight is 320 g/mol. The number of H-pyrrole nitrogens is 1. The zero-order valence-electron chi connectivity index (χ0n) is 13.7. The van der Waals surface area contributed by atoms with Gasteiger partial charge in [-0.25, -0.2) is 0 Å². The lowest BCUT2D eigenvalue weighted by molar-refractivity contribution is -0.170. The van der Waals surface area contributed by atoms with Gasteiger partial charge >= 0.3 is 0 Å². The van der Waals surface area contributed by atoms with Crippen LogP contribution >= 0.6 is 0 Å². The first-order chi connectivity index (χ1) is 10.8. The van der Waals surface area contributed by atoms with Gasteiger partial charge in [-0.2, -0.15) is 0 Å². The fourth-order valence-electron chi connectivity index (χ4n) is 3.67. The minimum Gasteiger partial charge on any atom is -0.390 e. The van der Waals surface area contributed by atoms with E-state index in [0.29, 0.717) is 45.4 Å². The van der Waals surface area contributed by atoms with Crippen molar-refractivity contribution < 1.29 is 14.6 Å². The molecule has 23 heavy (non-hydrogen) atoms. The molecule has 1 aromatic heterocycles. The fourth-order valence-corrected chi connectivity index (χ4v) is 3.67. The minimum absolute atomic E-state index is 0.183. The molecule has 1 spiro atoms. The Balaban J connectivity index is 1.69. The number of aliphatic hydroxyl groups is 1. The summed E-state index contributed by atoms with van der Waals surface area (Å²) >= 11 is 0. The number of carbonyl (C=O) groups is 1. The molecule has 0 aromatic carbocycles. The molecule has 2 N–H and O–H groups in total. The first-order valence-electron chi connectivity index (χ1n) is 8.15. The van der Waals surface area contributed by atoms with Crippen LogP contribution in [0, 0.1) is 6.92 Å². The van der Waals surface area contributed by atoms with Gasteiger partial charge in [0.15, 0.2) is 5.43 Å². The maximum absolute atomic E-state index is 12.5. The van der Waals surface area contributed by atoms with E-state index in [4.69, 9.17) is 4.74 Å². The Morgan fingerprint density at radius 1 is 1.35 bits per heavy atom. The van der Waals surface area contributed by atoms with Crippen molar-refractivity contribution in [3.63, 3.8) is 0 Å². The van der Waals surface area contributed by atoms with E-state index in [2.05, 4.69) is 4.98 Å². The Hall–Kier alpha value is -1.66. The Morgan fingerprint density at radius 3 is 2.65 bits per heavy atom. The van der Waals surface area contributed by atoms with Crippen LogP contribution in [-0.4, -0.2) is 51.8 Å². The van der Waals surface area contributed by atoms with Crippen LogP contribution in [0.5, 0.6) is 0 Å². The van der Waals surface area contributed by atoms with E-state index >= 15 is 0 Å². The van der Waals surface area contributed by atoms with E-state index < -0.39 is 5.60 Å². The Bertz CT molecular complexity index is 657. The normalized spacial score (nSPS) is 27.2. The summed E-state index contributed by atoms with van der Waals surface area (Å²) in [5, 5.41) is 10.3. The number of ether oxygens (including phenoxy) is 1. The molecular formula is C17H24N2O4. The number of nitrogens with one attached hydrogen (secondary N) is 1. The Kier molecular flexibility index (Phi) is 4.06. The molecule has 1 atom stereocenters. The van der Waals surface area contributed by atoms with Gasteiger partial charge in [0, 0.05) is 37.5 Å². The predicted octanol–water partition coefficient (Wildman–Crippen LogP) is 1.22. The number of piperidine rings is 1. The average Bonchev–Trinajstić information content (AvgIpc) is 2.46. The smallest absolute Gasteiger partial charge is 0.259 e. The SMILES string of the molecule is Cc1cc(=O)c(C(=O)N2CCC3(CC2)CC(C)(O)CCO3)c[nH]1. The molecule has 126 valence electrons. The summed E-state index contributed by atoms with van der Waals surface area (Å²) in [7, 11) is 0. The molecule has 2 aliphatic rings. The number of hydrogen-bond donors (Lipinski definition) is 2. The first kappa shape index (κ1) is 16.2. The third-order valence-electron chi connectivity index (χ3n) is 5.00. The predicted molar refractivity (Wildman–Crippen MR) is 85.5 cm³/mol. The molecule has 0 aliphatic carbocycles. The zero-order chi connectivity index (χ0) is 16.7. The minimum atomic E-state index is -0.696. The number of aromatic amines is 1. The zero-order valence-corrected chi connectivity index (χ0v) is 13.7. The van der Waals surface area contributed by atoms with Crippen LogP contribution in [0.2, 0.25) is 0 Å². The van der Waals surface area contributed by atoms with Crippen molar-refractivity contribution in [3.05, 3.63) is 33.7 Å². The van der Waals surface area contributed by atoms with Gasteiger partial charge in [-0.1, -0.05) is 0 Å². The number of nitrogens with zero attached hydrogens (tertiary/aromatic N) is 1. The van der Waals surface area contributed by atoms with E-state index in [9.17, 15) is 14.7 Å². The molecule has 1 unspecified atom stereocenters. The summed E-state index contributed by atoms with van der Waals surface area (Å²) in [6.45, 7) is 5.27. The molecule has 3 rings (SSSR count). The first-order valence-corrected chi connectivity index (χ1v) is 8.15. The Labute approximate surface area is 135 Å². The number of likely N-dealkylation sites (tertiary alicyclic amines) is 1. The van der Waals surface area contributed by atoms with E-state index in [-0.39, 0.29) is 22.5 Å². The van der Waals surface area contributed by atoms with Crippen LogP contribution < -0.4 is 5.43 Å². The molecule has 3 heterocycles. The van der Waals surface area contributed by atoms with Crippen LogP contribution in [0.15, 0.2) is 17.1 Å². The van der Waals surface area contributed by atoms with Crippen molar-refractivity contribution in [2.75, 3.05) is 19.7 Å². The third-order valence-corrected chi connectivity index (χ3v) is 5.00. The summed E-state index contributed by atoms with van der Waals surface area (Å²) in [6, 6.07) is 1.44. The van der Waals surface area contributed by atoms with Gasteiger partial charge in [-0.3, -0.25) is 9.59 Å². The number of aryl methyl sites for hydroxylation is 1. The lowest BCUT2D eigenvalue weighted by Gasteiger charge is -2.48.